The second-order valence-corrected chi connectivity index (χ2v) is 8.04. The van der Waals surface area contributed by atoms with Crippen molar-refractivity contribution in [2.45, 2.75) is 25.1 Å². The van der Waals surface area contributed by atoms with E-state index in [2.05, 4.69) is 0 Å². The number of nitrogens with one attached hydrogen (secondary N) is 1. The number of rotatable bonds is 3. The van der Waals surface area contributed by atoms with Crippen molar-refractivity contribution in [2.24, 2.45) is 0 Å². The number of hydrogen-bond donors (Lipinski definition) is 1. The molecular formula is C13H18N2O2S. The van der Waals surface area contributed by atoms with Gasteiger partial charge in [-0.3, -0.25) is 5.41 Å². The zero-order chi connectivity index (χ0) is 13.6. The first kappa shape index (κ1) is 13.1. The molecule has 0 saturated heterocycles. The van der Waals surface area contributed by atoms with E-state index in [1.165, 1.54) is 6.26 Å². The summed E-state index contributed by atoms with van der Waals surface area (Å²) in [5.74, 6) is 0.419. The lowest BCUT2D eigenvalue weighted by molar-refractivity contribution is 0.378. The summed E-state index contributed by atoms with van der Waals surface area (Å²) in [6.07, 6.45) is 1.25. The highest BCUT2D eigenvalue weighted by atomic mass is 32.2. The zero-order valence-electron chi connectivity index (χ0n) is 10.9. The Morgan fingerprint density at radius 2 is 1.94 bits per heavy atom. The summed E-state index contributed by atoms with van der Waals surface area (Å²) in [5.41, 5.74) is 1.99. The van der Waals surface area contributed by atoms with E-state index < -0.39 is 14.6 Å². The molecular weight excluding hydrogens is 248 g/mol. The molecule has 0 spiro atoms. The van der Waals surface area contributed by atoms with E-state index in [9.17, 15) is 8.42 Å². The Morgan fingerprint density at radius 3 is 2.50 bits per heavy atom. The van der Waals surface area contributed by atoms with E-state index in [-0.39, 0.29) is 0 Å². The van der Waals surface area contributed by atoms with Gasteiger partial charge in [0.15, 0.2) is 9.84 Å². The summed E-state index contributed by atoms with van der Waals surface area (Å²) >= 11 is 0. The normalized spacial score (nSPS) is 15.9. The van der Waals surface area contributed by atoms with Gasteiger partial charge in [-0.1, -0.05) is 24.3 Å². The molecule has 0 unspecified atom stereocenters. The number of sulfone groups is 1. The van der Waals surface area contributed by atoms with Crippen molar-refractivity contribution in [3.63, 3.8) is 0 Å². The second kappa shape index (κ2) is 4.09. The minimum absolute atomic E-state index is 0.347. The number of hydrogen-bond acceptors (Lipinski definition) is 3. The molecule has 1 heterocycles. The van der Waals surface area contributed by atoms with E-state index in [0.29, 0.717) is 18.9 Å². The predicted octanol–water partition coefficient (Wildman–Crippen LogP) is 1.65. The molecule has 4 nitrogen and oxygen atoms in total. The van der Waals surface area contributed by atoms with Gasteiger partial charge in [-0.25, -0.2) is 8.42 Å². The van der Waals surface area contributed by atoms with Crippen molar-refractivity contribution >= 4 is 15.7 Å². The lowest BCUT2D eigenvalue weighted by Crippen LogP contribution is -2.44. The minimum Gasteiger partial charge on any atom is -0.351 e. The van der Waals surface area contributed by atoms with E-state index in [0.717, 1.165) is 11.1 Å². The van der Waals surface area contributed by atoms with Crippen LogP contribution in [0.15, 0.2) is 24.3 Å². The minimum atomic E-state index is -3.14. The molecule has 1 aliphatic heterocycles. The van der Waals surface area contributed by atoms with Crippen LogP contribution >= 0.6 is 0 Å². The first-order valence-electron chi connectivity index (χ1n) is 5.84. The number of amidine groups is 1. The Morgan fingerprint density at radius 1 is 1.33 bits per heavy atom. The molecule has 0 aliphatic carbocycles. The van der Waals surface area contributed by atoms with Gasteiger partial charge >= 0.3 is 0 Å². The van der Waals surface area contributed by atoms with Gasteiger partial charge in [0, 0.05) is 24.9 Å². The molecule has 5 heteroatoms. The van der Waals surface area contributed by atoms with Gasteiger partial charge in [-0.2, -0.15) is 0 Å². The Balaban J connectivity index is 2.24. The lowest BCUT2D eigenvalue weighted by atomic mass is 10.1. The summed E-state index contributed by atoms with van der Waals surface area (Å²) in [7, 11) is -3.14. The van der Waals surface area contributed by atoms with Gasteiger partial charge in [-0.15, -0.1) is 0 Å². The molecule has 0 fully saturated rings. The average molecular weight is 266 g/mol. The van der Waals surface area contributed by atoms with Crippen LogP contribution in [0.4, 0.5) is 0 Å². The summed E-state index contributed by atoms with van der Waals surface area (Å²) < 4.78 is 22.6. The molecule has 1 aromatic carbocycles. The van der Waals surface area contributed by atoms with E-state index in [4.69, 9.17) is 5.41 Å². The van der Waals surface area contributed by atoms with E-state index >= 15 is 0 Å². The van der Waals surface area contributed by atoms with Crippen molar-refractivity contribution < 1.29 is 8.42 Å². The molecule has 0 aromatic heterocycles. The quantitative estimate of drug-likeness (QED) is 0.905. The first-order chi connectivity index (χ1) is 8.22. The predicted molar refractivity (Wildman–Crippen MR) is 72.6 cm³/mol. The molecule has 0 saturated carbocycles. The maximum atomic E-state index is 11.7. The van der Waals surface area contributed by atoms with Crippen LogP contribution in [0.25, 0.3) is 0 Å². The molecule has 2 rings (SSSR count). The Hall–Kier alpha value is -1.36. The largest absolute Gasteiger partial charge is 0.351 e. The van der Waals surface area contributed by atoms with E-state index in [1.54, 1.807) is 13.8 Å². The lowest BCUT2D eigenvalue weighted by Gasteiger charge is -2.29. The molecule has 1 aromatic rings. The highest BCUT2D eigenvalue weighted by molar-refractivity contribution is 7.92. The molecule has 1 aliphatic rings. The fourth-order valence-corrected chi connectivity index (χ4v) is 2.45. The highest BCUT2D eigenvalue weighted by Crippen LogP contribution is 2.26. The molecule has 0 atom stereocenters. The van der Waals surface area contributed by atoms with Crippen LogP contribution in [0, 0.1) is 5.41 Å². The Labute approximate surface area is 108 Å². The molecule has 98 valence electrons. The van der Waals surface area contributed by atoms with Crippen molar-refractivity contribution in [1.82, 2.24) is 4.90 Å². The van der Waals surface area contributed by atoms with Crippen molar-refractivity contribution in [1.29, 1.82) is 5.41 Å². The highest BCUT2D eigenvalue weighted by Gasteiger charge is 2.35. The summed E-state index contributed by atoms with van der Waals surface area (Å²) in [6.45, 7) is 4.38. The van der Waals surface area contributed by atoms with Gasteiger partial charge in [0.05, 0.1) is 4.75 Å². The molecule has 18 heavy (non-hydrogen) atoms. The Kier molecular flexibility index (Phi) is 2.97. The van der Waals surface area contributed by atoms with Crippen LogP contribution in [0.2, 0.25) is 0 Å². The van der Waals surface area contributed by atoms with Gasteiger partial charge in [0.1, 0.15) is 5.84 Å². The first-order valence-corrected chi connectivity index (χ1v) is 7.73. The van der Waals surface area contributed by atoms with Crippen molar-refractivity contribution in [3.8, 4) is 0 Å². The van der Waals surface area contributed by atoms with Crippen LogP contribution in [0.3, 0.4) is 0 Å². The zero-order valence-corrected chi connectivity index (χ0v) is 11.7. The van der Waals surface area contributed by atoms with Crippen LogP contribution in [-0.2, 0) is 16.4 Å². The molecule has 0 bridgehead atoms. The van der Waals surface area contributed by atoms with Crippen LogP contribution in [0.1, 0.15) is 25.0 Å². The third-order valence-corrected chi connectivity index (χ3v) is 5.66. The smallest absolute Gasteiger partial charge is 0.154 e. The number of fused-ring (bicyclic) bond motifs is 1. The maximum Gasteiger partial charge on any atom is 0.154 e. The van der Waals surface area contributed by atoms with E-state index in [1.807, 2.05) is 29.2 Å². The number of benzene rings is 1. The Bertz CT molecular complexity index is 591. The standard InChI is InChI=1S/C13H18N2O2S/c1-13(2,18(3,16)17)9-15-8-10-6-4-5-7-11(10)12(15)14/h4-7,14H,8-9H2,1-3H3. The maximum absolute atomic E-state index is 11.7. The van der Waals surface area contributed by atoms with Crippen LogP contribution in [0.5, 0.6) is 0 Å². The van der Waals surface area contributed by atoms with Crippen molar-refractivity contribution in [2.75, 3.05) is 12.8 Å². The third-order valence-electron chi connectivity index (χ3n) is 3.53. The topological polar surface area (TPSA) is 61.2 Å². The second-order valence-electron chi connectivity index (χ2n) is 5.39. The van der Waals surface area contributed by atoms with Crippen LogP contribution in [-0.4, -0.2) is 36.7 Å². The van der Waals surface area contributed by atoms with Crippen LogP contribution < -0.4 is 0 Å². The SMILES string of the molecule is CC(C)(CN1Cc2ccccc2C1=N)S(C)(=O)=O. The van der Waals surface area contributed by atoms with Gasteiger partial charge in [-0.05, 0) is 19.4 Å². The molecule has 0 radical (unpaired) electrons. The summed E-state index contributed by atoms with van der Waals surface area (Å²) in [4.78, 5) is 1.83. The van der Waals surface area contributed by atoms with Gasteiger partial charge < -0.3 is 4.90 Å². The van der Waals surface area contributed by atoms with Crippen molar-refractivity contribution in [3.05, 3.63) is 35.4 Å². The fraction of sp³-hybridized carbons (Fsp3) is 0.462. The van der Waals surface area contributed by atoms with Gasteiger partial charge in [0.2, 0.25) is 0 Å². The summed E-state index contributed by atoms with van der Waals surface area (Å²) in [5, 5.41) is 8.10. The average Bonchev–Trinajstić information content (AvgIpc) is 2.54. The third kappa shape index (κ3) is 2.14. The summed E-state index contributed by atoms with van der Waals surface area (Å²) in [6, 6.07) is 7.73. The monoisotopic (exact) mass is 266 g/mol. The molecule has 0 amide bonds. The van der Waals surface area contributed by atoms with Gasteiger partial charge in [0.25, 0.3) is 0 Å². The molecule has 1 N–H and O–H groups in total. The fourth-order valence-electron chi connectivity index (χ4n) is 2.06. The number of nitrogens with zero attached hydrogens (tertiary/aromatic N) is 1.